The monoisotopic (exact) mass is 407 g/mol. The average molecular weight is 407 g/mol. The number of nitro benzene ring substituents is 1. The first-order valence-corrected chi connectivity index (χ1v) is 8.84. The van der Waals surface area contributed by atoms with Crippen molar-refractivity contribution in [2.24, 2.45) is 5.73 Å². The van der Waals surface area contributed by atoms with Crippen LogP contribution in [0.2, 0.25) is 0 Å². The van der Waals surface area contributed by atoms with Gasteiger partial charge in [0, 0.05) is 6.07 Å². The number of thiophene rings is 1. The molecule has 1 heterocycles. The van der Waals surface area contributed by atoms with Crippen LogP contribution in [0.3, 0.4) is 0 Å². The van der Waals surface area contributed by atoms with Crippen molar-refractivity contribution in [2.75, 3.05) is 18.5 Å². The molecule has 0 fully saturated rings. The summed E-state index contributed by atoms with van der Waals surface area (Å²) in [6, 6.07) is 5.60. The van der Waals surface area contributed by atoms with Crippen LogP contribution in [-0.4, -0.2) is 35.9 Å². The summed E-state index contributed by atoms with van der Waals surface area (Å²) in [6.07, 6.45) is 0. The van der Waals surface area contributed by atoms with Crippen molar-refractivity contribution in [1.29, 1.82) is 0 Å². The molecule has 1 aromatic heterocycles. The van der Waals surface area contributed by atoms with Gasteiger partial charge in [-0.2, -0.15) is 0 Å². The minimum atomic E-state index is -0.746. The van der Waals surface area contributed by atoms with E-state index in [9.17, 15) is 24.5 Å². The van der Waals surface area contributed by atoms with Crippen molar-refractivity contribution in [3.8, 4) is 5.75 Å². The van der Waals surface area contributed by atoms with Crippen molar-refractivity contribution >= 4 is 39.8 Å². The van der Waals surface area contributed by atoms with Gasteiger partial charge in [0.2, 0.25) is 0 Å². The van der Waals surface area contributed by atoms with Gasteiger partial charge in [-0.1, -0.05) is 12.1 Å². The van der Waals surface area contributed by atoms with E-state index in [2.05, 4.69) is 5.32 Å². The molecule has 2 aromatic rings. The number of benzene rings is 1. The van der Waals surface area contributed by atoms with Crippen molar-refractivity contribution in [3.63, 3.8) is 0 Å². The number of rotatable bonds is 8. The Hall–Kier alpha value is -3.47. The number of nitrogens with one attached hydrogen (secondary N) is 1. The minimum absolute atomic E-state index is 0.0275. The summed E-state index contributed by atoms with van der Waals surface area (Å²) in [5, 5.41) is 13.5. The molecule has 0 aliphatic heterocycles. The Kier molecular flexibility index (Phi) is 6.66. The highest BCUT2D eigenvalue weighted by atomic mass is 32.1. The minimum Gasteiger partial charge on any atom is -0.477 e. The first-order valence-electron chi connectivity index (χ1n) is 8.02. The lowest BCUT2D eigenvalue weighted by molar-refractivity contribution is -0.385. The number of nitro groups is 1. The number of esters is 1. The molecule has 28 heavy (non-hydrogen) atoms. The average Bonchev–Trinajstić information content (AvgIpc) is 2.96. The van der Waals surface area contributed by atoms with E-state index in [1.807, 2.05) is 0 Å². The number of para-hydroxylation sites is 2. The number of primary amides is 1. The first kappa shape index (κ1) is 20.8. The number of ether oxygens (including phenoxy) is 2. The molecule has 0 spiro atoms. The summed E-state index contributed by atoms with van der Waals surface area (Å²) in [6.45, 7) is 2.69. The van der Waals surface area contributed by atoms with E-state index in [0.717, 1.165) is 11.3 Å². The number of nitrogens with zero attached hydrogens (tertiary/aromatic N) is 1. The van der Waals surface area contributed by atoms with E-state index >= 15 is 0 Å². The van der Waals surface area contributed by atoms with Gasteiger partial charge in [-0.15, -0.1) is 11.3 Å². The van der Waals surface area contributed by atoms with E-state index in [0.29, 0.717) is 5.56 Å². The smallest absolute Gasteiger partial charge is 0.341 e. The van der Waals surface area contributed by atoms with Gasteiger partial charge in [-0.05, 0) is 25.5 Å². The number of carbonyl (C=O) groups is 3. The summed E-state index contributed by atoms with van der Waals surface area (Å²) in [7, 11) is 0. The maximum Gasteiger partial charge on any atom is 0.341 e. The van der Waals surface area contributed by atoms with Gasteiger partial charge in [-0.3, -0.25) is 19.7 Å². The van der Waals surface area contributed by atoms with Gasteiger partial charge < -0.3 is 20.5 Å². The summed E-state index contributed by atoms with van der Waals surface area (Å²) in [5.41, 5.74) is 5.34. The molecular weight excluding hydrogens is 390 g/mol. The second-order valence-electron chi connectivity index (χ2n) is 5.41. The number of anilines is 1. The van der Waals surface area contributed by atoms with Gasteiger partial charge >= 0.3 is 11.7 Å². The highest BCUT2D eigenvalue weighted by molar-refractivity contribution is 7.18. The number of hydrogen-bond donors (Lipinski definition) is 2. The quantitative estimate of drug-likeness (QED) is 0.387. The summed E-state index contributed by atoms with van der Waals surface area (Å²) >= 11 is 0.835. The predicted octanol–water partition coefficient (Wildman–Crippen LogP) is 2.26. The molecule has 2 rings (SSSR count). The van der Waals surface area contributed by atoms with Crippen LogP contribution in [0.5, 0.6) is 5.75 Å². The fourth-order valence-corrected chi connectivity index (χ4v) is 3.38. The lowest BCUT2D eigenvalue weighted by atomic mass is 10.1. The first-order chi connectivity index (χ1) is 13.3. The largest absolute Gasteiger partial charge is 0.477 e. The van der Waals surface area contributed by atoms with E-state index in [-0.39, 0.29) is 33.5 Å². The number of hydrogen-bond acceptors (Lipinski definition) is 8. The molecule has 3 N–H and O–H groups in total. The van der Waals surface area contributed by atoms with E-state index in [4.69, 9.17) is 15.2 Å². The zero-order valence-electron chi connectivity index (χ0n) is 15.0. The molecule has 0 unspecified atom stereocenters. The number of nitrogens with two attached hydrogens (primary N) is 1. The van der Waals surface area contributed by atoms with Crippen LogP contribution in [0.1, 0.15) is 32.5 Å². The second kappa shape index (κ2) is 8.95. The molecule has 11 heteroatoms. The molecule has 0 atom stereocenters. The molecule has 0 saturated carbocycles. The maximum absolute atomic E-state index is 12.2. The molecule has 0 saturated heterocycles. The Morgan fingerprint density at radius 1 is 1.29 bits per heavy atom. The van der Waals surface area contributed by atoms with Crippen molar-refractivity contribution in [3.05, 3.63) is 50.4 Å². The van der Waals surface area contributed by atoms with Crippen LogP contribution in [-0.2, 0) is 9.53 Å². The van der Waals surface area contributed by atoms with Gasteiger partial charge in [0.15, 0.2) is 12.4 Å². The lowest BCUT2D eigenvalue weighted by Crippen LogP contribution is -2.21. The Balaban J connectivity index is 2.20. The fraction of sp³-hybridized carbons (Fsp3) is 0.235. The zero-order valence-corrected chi connectivity index (χ0v) is 15.8. The third-order valence-electron chi connectivity index (χ3n) is 3.52. The molecular formula is C17H17N3O7S. The number of amides is 2. The lowest BCUT2D eigenvalue weighted by Gasteiger charge is -2.08. The van der Waals surface area contributed by atoms with Crippen LogP contribution in [0, 0.1) is 17.0 Å². The Morgan fingerprint density at radius 3 is 2.57 bits per heavy atom. The SMILES string of the molecule is CCOC(=O)c1c(NC(=O)COc2ccccc2[N+](=O)[O-])sc(C(N)=O)c1C. The third kappa shape index (κ3) is 4.62. The van der Waals surface area contributed by atoms with E-state index in [1.54, 1.807) is 6.92 Å². The molecule has 0 aliphatic rings. The summed E-state index contributed by atoms with van der Waals surface area (Å²) < 4.78 is 10.2. The van der Waals surface area contributed by atoms with Gasteiger partial charge in [0.25, 0.3) is 11.8 Å². The number of carbonyl (C=O) groups excluding carboxylic acids is 3. The molecule has 0 radical (unpaired) electrons. The molecule has 148 valence electrons. The van der Waals surface area contributed by atoms with Crippen LogP contribution in [0.25, 0.3) is 0 Å². The Bertz CT molecular complexity index is 939. The predicted molar refractivity (Wildman–Crippen MR) is 101 cm³/mol. The highest BCUT2D eigenvalue weighted by Crippen LogP contribution is 2.33. The van der Waals surface area contributed by atoms with Crippen molar-refractivity contribution in [2.45, 2.75) is 13.8 Å². The van der Waals surface area contributed by atoms with Crippen molar-refractivity contribution in [1.82, 2.24) is 0 Å². The molecule has 0 bridgehead atoms. The third-order valence-corrected chi connectivity index (χ3v) is 4.75. The van der Waals surface area contributed by atoms with Gasteiger partial charge in [0.05, 0.1) is 22.0 Å². The second-order valence-corrected chi connectivity index (χ2v) is 6.43. The van der Waals surface area contributed by atoms with Gasteiger partial charge in [0.1, 0.15) is 5.00 Å². The highest BCUT2D eigenvalue weighted by Gasteiger charge is 2.26. The van der Waals surface area contributed by atoms with Gasteiger partial charge in [-0.25, -0.2) is 4.79 Å². The standard InChI is InChI=1S/C17H17N3O7S/c1-3-26-17(23)13-9(2)14(15(18)22)28-16(13)19-12(21)8-27-11-7-5-4-6-10(11)20(24)25/h4-7H,3,8H2,1-2H3,(H2,18,22)(H,19,21). The van der Waals surface area contributed by atoms with E-state index in [1.165, 1.54) is 31.2 Å². The van der Waals surface area contributed by atoms with Crippen LogP contribution in [0.15, 0.2) is 24.3 Å². The zero-order chi connectivity index (χ0) is 20.8. The Labute approximate surface area is 163 Å². The van der Waals surface area contributed by atoms with Crippen LogP contribution in [0.4, 0.5) is 10.7 Å². The summed E-state index contributed by atoms with van der Waals surface area (Å²) in [5.74, 6) is -2.21. The van der Waals surface area contributed by atoms with Crippen LogP contribution < -0.4 is 15.8 Å². The molecule has 0 aliphatic carbocycles. The van der Waals surface area contributed by atoms with Crippen LogP contribution >= 0.6 is 11.3 Å². The topological polar surface area (TPSA) is 151 Å². The summed E-state index contributed by atoms with van der Waals surface area (Å²) in [4.78, 5) is 46.4. The molecule has 1 aromatic carbocycles. The van der Waals surface area contributed by atoms with Crippen molar-refractivity contribution < 1.29 is 28.8 Å². The van der Waals surface area contributed by atoms with E-state index < -0.39 is 29.3 Å². The Morgan fingerprint density at radius 2 is 1.96 bits per heavy atom. The molecule has 2 amide bonds. The fourth-order valence-electron chi connectivity index (χ4n) is 2.32. The maximum atomic E-state index is 12.2. The normalized spacial score (nSPS) is 10.2. The molecule has 10 nitrogen and oxygen atoms in total.